The first-order valence-electron chi connectivity index (χ1n) is 4.78. The second kappa shape index (κ2) is 4.68. The molecule has 0 aliphatic rings. The van der Waals surface area contributed by atoms with Gasteiger partial charge in [0.15, 0.2) is 0 Å². The first kappa shape index (κ1) is 12.1. The zero-order chi connectivity index (χ0) is 11.5. The van der Waals surface area contributed by atoms with E-state index in [-0.39, 0.29) is 13.0 Å². The summed E-state index contributed by atoms with van der Waals surface area (Å²) in [5.74, 6) is -2.77. The zero-order valence-electron chi connectivity index (χ0n) is 8.58. The highest BCUT2D eigenvalue weighted by Crippen LogP contribution is 2.24. The van der Waals surface area contributed by atoms with E-state index >= 15 is 0 Å². The molecule has 1 unspecified atom stereocenters. The number of rotatable bonds is 4. The minimum absolute atomic E-state index is 0.0340. The lowest BCUT2D eigenvalue weighted by Crippen LogP contribution is -2.18. The van der Waals surface area contributed by atoms with E-state index in [1.165, 1.54) is 0 Å². The fourth-order valence-corrected chi connectivity index (χ4v) is 1.48. The molecule has 0 saturated carbocycles. The van der Waals surface area contributed by atoms with Gasteiger partial charge in [0.25, 0.3) is 0 Å². The Morgan fingerprint density at radius 2 is 2.00 bits per heavy atom. The molecule has 0 radical (unpaired) electrons. The molecular formula is C11H15F2NO. The van der Waals surface area contributed by atoms with Crippen molar-refractivity contribution in [1.82, 2.24) is 0 Å². The number of alkyl halides is 2. The molecule has 0 heterocycles. The summed E-state index contributed by atoms with van der Waals surface area (Å²) in [6, 6.07) is 6.59. The number of nitrogens with two attached hydrogens (primary N) is 1. The lowest BCUT2D eigenvalue weighted by molar-refractivity contribution is 0.0219. The molecule has 2 nitrogen and oxygen atoms in total. The van der Waals surface area contributed by atoms with E-state index in [0.29, 0.717) is 11.1 Å². The topological polar surface area (TPSA) is 46.2 Å². The van der Waals surface area contributed by atoms with Crippen molar-refractivity contribution in [2.24, 2.45) is 5.73 Å². The van der Waals surface area contributed by atoms with Crippen LogP contribution in [0.1, 0.15) is 24.2 Å². The van der Waals surface area contributed by atoms with Crippen LogP contribution in [0, 0.1) is 0 Å². The van der Waals surface area contributed by atoms with Gasteiger partial charge < -0.3 is 10.8 Å². The summed E-state index contributed by atoms with van der Waals surface area (Å²) in [5, 5.41) is 9.54. The van der Waals surface area contributed by atoms with Crippen LogP contribution in [0.3, 0.4) is 0 Å². The van der Waals surface area contributed by atoms with Crippen LogP contribution in [0.15, 0.2) is 24.3 Å². The monoisotopic (exact) mass is 215 g/mol. The minimum Gasteiger partial charge on any atom is -0.387 e. The normalized spacial score (nSPS) is 13.9. The van der Waals surface area contributed by atoms with Gasteiger partial charge in [-0.25, -0.2) is 8.78 Å². The molecule has 1 rings (SSSR count). The molecule has 1 aromatic rings. The minimum atomic E-state index is -2.77. The summed E-state index contributed by atoms with van der Waals surface area (Å²) in [4.78, 5) is 0. The van der Waals surface area contributed by atoms with Gasteiger partial charge in [-0.3, -0.25) is 0 Å². The Hall–Kier alpha value is -1.00. The van der Waals surface area contributed by atoms with Crippen molar-refractivity contribution in [2.75, 3.05) is 6.54 Å². The van der Waals surface area contributed by atoms with Crippen molar-refractivity contribution >= 4 is 0 Å². The van der Waals surface area contributed by atoms with Crippen molar-refractivity contribution in [2.45, 2.75) is 25.4 Å². The molecule has 0 bridgehead atoms. The van der Waals surface area contributed by atoms with Crippen LogP contribution in [0.5, 0.6) is 0 Å². The van der Waals surface area contributed by atoms with Crippen molar-refractivity contribution < 1.29 is 13.9 Å². The highest BCUT2D eigenvalue weighted by atomic mass is 19.3. The van der Waals surface area contributed by atoms with E-state index in [4.69, 9.17) is 5.73 Å². The van der Waals surface area contributed by atoms with Gasteiger partial charge in [0.2, 0.25) is 5.92 Å². The van der Waals surface area contributed by atoms with Gasteiger partial charge in [-0.05, 0) is 18.1 Å². The van der Waals surface area contributed by atoms with Crippen LogP contribution in [-0.4, -0.2) is 17.6 Å². The molecule has 0 spiro atoms. The molecule has 1 atom stereocenters. The Morgan fingerprint density at radius 3 is 2.53 bits per heavy atom. The lowest BCUT2D eigenvalue weighted by Gasteiger charge is -2.16. The summed E-state index contributed by atoms with van der Waals surface area (Å²) >= 11 is 0. The molecular weight excluding hydrogens is 200 g/mol. The van der Waals surface area contributed by atoms with Crippen LogP contribution in [0.4, 0.5) is 8.78 Å². The molecule has 1 aromatic carbocycles. The fraction of sp³-hybridized carbons (Fsp3) is 0.455. The van der Waals surface area contributed by atoms with Gasteiger partial charge in [-0.2, -0.15) is 0 Å². The second-order valence-electron chi connectivity index (χ2n) is 3.70. The summed E-state index contributed by atoms with van der Waals surface area (Å²) < 4.78 is 25.7. The Balaban J connectivity index is 2.96. The molecule has 84 valence electrons. The van der Waals surface area contributed by atoms with E-state index in [0.717, 1.165) is 6.92 Å². The lowest BCUT2D eigenvalue weighted by atomic mass is 9.98. The number of hydrogen-bond acceptors (Lipinski definition) is 2. The Morgan fingerprint density at radius 1 is 1.40 bits per heavy atom. The third kappa shape index (κ3) is 3.57. The highest BCUT2D eigenvalue weighted by Gasteiger charge is 2.24. The first-order valence-corrected chi connectivity index (χ1v) is 4.78. The molecule has 0 aliphatic heterocycles. The van der Waals surface area contributed by atoms with Gasteiger partial charge in [0.1, 0.15) is 0 Å². The molecule has 0 saturated heterocycles. The van der Waals surface area contributed by atoms with Crippen LogP contribution in [-0.2, 0) is 6.42 Å². The van der Waals surface area contributed by atoms with Crippen molar-refractivity contribution in [1.29, 1.82) is 0 Å². The molecule has 0 amide bonds. The molecule has 0 fully saturated rings. The van der Waals surface area contributed by atoms with E-state index in [1.807, 2.05) is 0 Å². The SMILES string of the molecule is CC(F)(F)Cc1ccccc1C(O)CN. The Kier molecular flexibility index (Phi) is 3.77. The summed E-state index contributed by atoms with van der Waals surface area (Å²) in [7, 11) is 0. The van der Waals surface area contributed by atoms with Crippen LogP contribution in [0.25, 0.3) is 0 Å². The first-order chi connectivity index (χ1) is 6.94. The number of benzene rings is 1. The predicted molar refractivity (Wildman–Crippen MR) is 54.8 cm³/mol. The zero-order valence-corrected chi connectivity index (χ0v) is 8.58. The van der Waals surface area contributed by atoms with Crippen LogP contribution in [0.2, 0.25) is 0 Å². The van der Waals surface area contributed by atoms with E-state index in [1.54, 1.807) is 24.3 Å². The van der Waals surface area contributed by atoms with Crippen molar-refractivity contribution in [3.8, 4) is 0 Å². The smallest absolute Gasteiger partial charge is 0.249 e. The quantitative estimate of drug-likeness (QED) is 0.805. The summed E-state index contributed by atoms with van der Waals surface area (Å²) in [5.41, 5.74) is 6.23. The van der Waals surface area contributed by atoms with E-state index < -0.39 is 12.0 Å². The molecule has 0 aliphatic carbocycles. The van der Waals surface area contributed by atoms with Gasteiger partial charge in [0.05, 0.1) is 6.10 Å². The molecule has 3 N–H and O–H groups in total. The number of hydrogen-bond donors (Lipinski definition) is 2. The Bertz CT molecular complexity index is 323. The Labute approximate surface area is 87.7 Å². The predicted octanol–water partition coefficient (Wildman–Crippen LogP) is 1.88. The number of halogens is 2. The largest absolute Gasteiger partial charge is 0.387 e. The summed E-state index contributed by atoms with van der Waals surface area (Å²) in [6.45, 7) is 0.894. The van der Waals surface area contributed by atoms with Gasteiger partial charge in [-0.1, -0.05) is 24.3 Å². The number of aliphatic hydroxyl groups excluding tert-OH is 1. The standard InChI is InChI=1S/C11H15F2NO/c1-11(12,13)6-8-4-2-3-5-9(8)10(15)7-14/h2-5,10,15H,6-7,14H2,1H3. The third-order valence-corrected chi connectivity index (χ3v) is 2.14. The van der Waals surface area contributed by atoms with Crippen molar-refractivity contribution in [3.05, 3.63) is 35.4 Å². The fourth-order valence-electron chi connectivity index (χ4n) is 1.48. The van der Waals surface area contributed by atoms with Crippen LogP contribution < -0.4 is 5.73 Å². The van der Waals surface area contributed by atoms with Gasteiger partial charge in [-0.15, -0.1) is 0 Å². The average Bonchev–Trinajstić information content (AvgIpc) is 2.15. The molecule has 4 heteroatoms. The third-order valence-electron chi connectivity index (χ3n) is 2.14. The maximum absolute atomic E-state index is 12.8. The van der Waals surface area contributed by atoms with Gasteiger partial charge in [0, 0.05) is 13.0 Å². The summed E-state index contributed by atoms with van der Waals surface area (Å²) in [6.07, 6.45) is -1.25. The van der Waals surface area contributed by atoms with Crippen molar-refractivity contribution in [3.63, 3.8) is 0 Å². The maximum Gasteiger partial charge on any atom is 0.249 e. The second-order valence-corrected chi connectivity index (χ2v) is 3.70. The van der Waals surface area contributed by atoms with E-state index in [9.17, 15) is 13.9 Å². The maximum atomic E-state index is 12.8. The van der Waals surface area contributed by atoms with E-state index in [2.05, 4.69) is 0 Å². The highest BCUT2D eigenvalue weighted by molar-refractivity contribution is 5.30. The van der Waals surface area contributed by atoms with Crippen LogP contribution >= 0.6 is 0 Å². The van der Waals surface area contributed by atoms with Gasteiger partial charge >= 0.3 is 0 Å². The average molecular weight is 215 g/mol. The number of aliphatic hydroxyl groups is 1. The molecule has 0 aromatic heterocycles. The molecule has 15 heavy (non-hydrogen) atoms.